The van der Waals surface area contributed by atoms with Gasteiger partial charge in [-0.1, -0.05) is 79.1 Å². The van der Waals surface area contributed by atoms with Crippen molar-refractivity contribution in [3.8, 4) is 0 Å². The first-order valence-electron chi connectivity index (χ1n) is 9.16. The predicted molar refractivity (Wildman–Crippen MR) is 90.9 cm³/mol. The first kappa shape index (κ1) is 18.0. The highest BCUT2D eigenvalue weighted by molar-refractivity contribution is 4.96. The van der Waals surface area contributed by atoms with Gasteiger partial charge in [-0.15, -0.1) is 0 Å². The lowest BCUT2D eigenvalue weighted by Gasteiger charge is -2.46. The van der Waals surface area contributed by atoms with E-state index < -0.39 is 0 Å². The molecule has 0 bridgehead atoms. The van der Waals surface area contributed by atoms with Gasteiger partial charge in [-0.05, 0) is 37.0 Å². The summed E-state index contributed by atoms with van der Waals surface area (Å²) in [5.41, 5.74) is 7.28. The van der Waals surface area contributed by atoms with Crippen LogP contribution in [-0.4, -0.2) is 5.54 Å². The molecule has 20 heavy (non-hydrogen) atoms. The molecule has 120 valence electrons. The number of hydrogen-bond acceptors (Lipinski definition) is 1. The third kappa shape index (κ3) is 7.11. The Bertz CT molecular complexity index is 258. The molecule has 1 nitrogen and oxygen atoms in total. The smallest absolute Gasteiger partial charge is 0.0162 e. The third-order valence-corrected chi connectivity index (χ3v) is 5.01. The Morgan fingerprint density at radius 3 is 2.00 bits per heavy atom. The Morgan fingerprint density at radius 1 is 0.900 bits per heavy atom. The molecule has 0 radical (unpaired) electrons. The molecule has 1 heteroatoms. The van der Waals surface area contributed by atoms with Crippen molar-refractivity contribution in [2.75, 3.05) is 0 Å². The highest BCUT2D eigenvalue weighted by Crippen LogP contribution is 2.44. The Labute approximate surface area is 128 Å². The van der Waals surface area contributed by atoms with E-state index in [-0.39, 0.29) is 5.54 Å². The predicted octanol–water partition coefficient (Wildman–Crippen LogP) is 6.06. The standard InChI is InChI=1S/C19H39N/c1-5-6-7-8-9-10-11-12-13-19(20)15-17(2)14-18(3,4)16-19/h17H,5-16,20H2,1-4H3. The second-order valence-electron chi connectivity index (χ2n) is 8.44. The fourth-order valence-electron chi connectivity index (χ4n) is 4.61. The lowest BCUT2D eigenvalue weighted by atomic mass is 9.63. The van der Waals surface area contributed by atoms with Crippen LogP contribution >= 0.6 is 0 Å². The average molecular weight is 282 g/mol. The van der Waals surface area contributed by atoms with Crippen molar-refractivity contribution in [1.29, 1.82) is 0 Å². The maximum atomic E-state index is 6.71. The van der Waals surface area contributed by atoms with Crippen molar-refractivity contribution in [1.82, 2.24) is 0 Å². The number of nitrogens with two attached hydrogens (primary N) is 1. The van der Waals surface area contributed by atoms with Gasteiger partial charge in [-0.2, -0.15) is 0 Å². The van der Waals surface area contributed by atoms with Gasteiger partial charge in [0.05, 0.1) is 0 Å². The lowest BCUT2D eigenvalue weighted by Crippen LogP contribution is -2.49. The average Bonchev–Trinajstić information content (AvgIpc) is 2.29. The fourth-order valence-corrected chi connectivity index (χ4v) is 4.61. The van der Waals surface area contributed by atoms with Gasteiger partial charge in [0.1, 0.15) is 0 Å². The molecule has 0 aromatic heterocycles. The Balaban J connectivity index is 2.14. The van der Waals surface area contributed by atoms with Gasteiger partial charge in [-0.25, -0.2) is 0 Å². The largest absolute Gasteiger partial charge is 0.325 e. The van der Waals surface area contributed by atoms with Crippen LogP contribution < -0.4 is 5.73 Å². The van der Waals surface area contributed by atoms with Gasteiger partial charge in [0.15, 0.2) is 0 Å². The molecule has 0 aromatic rings. The van der Waals surface area contributed by atoms with Gasteiger partial charge in [-0.3, -0.25) is 0 Å². The highest BCUT2D eigenvalue weighted by Gasteiger charge is 2.39. The van der Waals surface area contributed by atoms with E-state index >= 15 is 0 Å². The second-order valence-corrected chi connectivity index (χ2v) is 8.44. The van der Waals surface area contributed by atoms with Crippen molar-refractivity contribution in [2.24, 2.45) is 17.1 Å². The topological polar surface area (TPSA) is 26.0 Å². The van der Waals surface area contributed by atoms with Crippen molar-refractivity contribution in [3.63, 3.8) is 0 Å². The van der Waals surface area contributed by atoms with Gasteiger partial charge < -0.3 is 5.73 Å². The summed E-state index contributed by atoms with van der Waals surface area (Å²) >= 11 is 0. The molecule has 0 saturated heterocycles. The molecule has 0 amide bonds. The molecule has 1 rings (SSSR count). The van der Waals surface area contributed by atoms with E-state index in [0.29, 0.717) is 5.41 Å². The summed E-state index contributed by atoms with van der Waals surface area (Å²) in [4.78, 5) is 0. The molecule has 0 aliphatic heterocycles. The van der Waals surface area contributed by atoms with Crippen molar-refractivity contribution >= 4 is 0 Å². The maximum Gasteiger partial charge on any atom is 0.0162 e. The normalized spacial score (nSPS) is 29.6. The van der Waals surface area contributed by atoms with Crippen LogP contribution in [0.1, 0.15) is 105 Å². The first-order valence-corrected chi connectivity index (χ1v) is 9.16. The maximum absolute atomic E-state index is 6.71. The van der Waals surface area contributed by atoms with Gasteiger partial charge in [0, 0.05) is 5.54 Å². The summed E-state index contributed by atoms with van der Waals surface area (Å²) in [6.07, 6.45) is 16.3. The van der Waals surface area contributed by atoms with Crippen molar-refractivity contribution in [2.45, 2.75) is 110 Å². The zero-order chi connectivity index (χ0) is 15.1. The van der Waals surface area contributed by atoms with E-state index in [1.54, 1.807) is 0 Å². The Hall–Kier alpha value is -0.0400. The van der Waals surface area contributed by atoms with Crippen LogP contribution in [0.2, 0.25) is 0 Å². The van der Waals surface area contributed by atoms with Crippen molar-refractivity contribution < 1.29 is 0 Å². The van der Waals surface area contributed by atoms with E-state index in [1.165, 1.54) is 77.0 Å². The molecule has 2 unspecified atom stereocenters. The molecular formula is C19H39N. The van der Waals surface area contributed by atoms with Crippen LogP contribution in [0.15, 0.2) is 0 Å². The molecule has 2 atom stereocenters. The minimum Gasteiger partial charge on any atom is -0.325 e. The van der Waals surface area contributed by atoms with E-state index in [2.05, 4.69) is 27.7 Å². The van der Waals surface area contributed by atoms with E-state index in [4.69, 9.17) is 5.73 Å². The molecule has 0 heterocycles. The summed E-state index contributed by atoms with van der Waals surface area (Å²) < 4.78 is 0. The number of rotatable bonds is 9. The molecule has 1 fully saturated rings. The molecule has 1 aliphatic carbocycles. The van der Waals surface area contributed by atoms with Crippen molar-refractivity contribution in [3.05, 3.63) is 0 Å². The summed E-state index contributed by atoms with van der Waals surface area (Å²) in [5, 5.41) is 0. The van der Waals surface area contributed by atoms with Gasteiger partial charge >= 0.3 is 0 Å². The fraction of sp³-hybridized carbons (Fsp3) is 1.00. The van der Waals surface area contributed by atoms with Crippen LogP contribution in [0, 0.1) is 11.3 Å². The van der Waals surface area contributed by atoms with E-state index in [1.807, 2.05) is 0 Å². The third-order valence-electron chi connectivity index (χ3n) is 5.01. The zero-order valence-electron chi connectivity index (χ0n) is 14.6. The molecular weight excluding hydrogens is 242 g/mol. The SMILES string of the molecule is CCCCCCCCCCC1(N)CC(C)CC(C)(C)C1. The van der Waals surface area contributed by atoms with E-state index in [0.717, 1.165) is 5.92 Å². The zero-order valence-corrected chi connectivity index (χ0v) is 14.6. The number of unbranched alkanes of at least 4 members (excludes halogenated alkanes) is 7. The minimum atomic E-state index is 0.128. The Kier molecular flexibility index (Phi) is 7.58. The molecule has 1 saturated carbocycles. The van der Waals surface area contributed by atoms with E-state index in [9.17, 15) is 0 Å². The second kappa shape index (κ2) is 8.41. The summed E-state index contributed by atoms with van der Waals surface area (Å²) in [6.45, 7) is 9.47. The summed E-state index contributed by atoms with van der Waals surface area (Å²) in [5.74, 6) is 0.804. The molecule has 2 N–H and O–H groups in total. The van der Waals surface area contributed by atoms with Crippen LogP contribution in [0.3, 0.4) is 0 Å². The van der Waals surface area contributed by atoms with Crippen LogP contribution in [-0.2, 0) is 0 Å². The molecule has 0 spiro atoms. The molecule has 0 aromatic carbocycles. The minimum absolute atomic E-state index is 0.128. The first-order chi connectivity index (χ1) is 9.37. The Morgan fingerprint density at radius 2 is 1.45 bits per heavy atom. The van der Waals surface area contributed by atoms with Crippen LogP contribution in [0.5, 0.6) is 0 Å². The van der Waals surface area contributed by atoms with Gasteiger partial charge in [0.25, 0.3) is 0 Å². The van der Waals surface area contributed by atoms with Gasteiger partial charge in [0.2, 0.25) is 0 Å². The summed E-state index contributed by atoms with van der Waals surface area (Å²) in [6, 6.07) is 0. The quantitative estimate of drug-likeness (QED) is 0.511. The van der Waals surface area contributed by atoms with Crippen LogP contribution in [0.25, 0.3) is 0 Å². The number of hydrogen-bond donors (Lipinski definition) is 1. The highest BCUT2D eigenvalue weighted by atomic mass is 14.8. The monoisotopic (exact) mass is 281 g/mol. The van der Waals surface area contributed by atoms with Crippen LogP contribution in [0.4, 0.5) is 0 Å². The summed E-state index contributed by atoms with van der Waals surface area (Å²) in [7, 11) is 0. The lowest BCUT2D eigenvalue weighted by molar-refractivity contribution is 0.100. The molecule has 1 aliphatic rings.